The Bertz CT molecular complexity index is 337. The molecule has 2 aliphatic rings. The first-order chi connectivity index (χ1) is 8.63. The summed E-state index contributed by atoms with van der Waals surface area (Å²) in [5, 5.41) is 0. The summed E-state index contributed by atoms with van der Waals surface area (Å²) in [6.45, 7) is 4.31. The molecule has 2 N–H and O–H groups in total. The highest BCUT2D eigenvalue weighted by molar-refractivity contribution is 7.80. The van der Waals surface area contributed by atoms with Crippen LogP contribution in [0.3, 0.4) is 0 Å². The molecule has 3 unspecified atom stereocenters. The molecule has 0 aliphatic carbocycles. The highest BCUT2D eigenvalue weighted by atomic mass is 32.1. The normalized spacial score (nSPS) is 32.5. The van der Waals surface area contributed by atoms with Crippen molar-refractivity contribution in [3.05, 3.63) is 0 Å². The van der Waals surface area contributed by atoms with E-state index in [9.17, 15) is 4.79 Å². The molecule has 0 aromatic rings. The van der Waals surface area contributed by atoms with Crippen LogP contribution in [-0.4, -0.2) is 54.3 Å². The van der Waals surface area contributed by atoms with Crippen LogP contribution in [-0.2, 0) is 14.3 Å². The van der Waals surface area contributed by atoms with Gasteiger partial charge in [-0.2, -0.15) is 0 Å². The largest absolute Gasteiger partial charge is 0.391 e. The van der Waals surface area contributed by atoms with E-state index in [0.717, 1.165) is 12.8 Å². The lowest BCUT2D eigenvalue weighted by Gasteiger charge is -2.34. The van der Waals surface area contributed by atoms with Gasteiger partial charge in [0.15, 0.2) is 0 Å². The predicted molar refractivity (Wildman–Crippen MR) is 71.2 cm³/mol. The summed E-state index contributed by atoms with van der Waals surface area (Å²) in [5.74, 6) is 0.143. The van der Waals surface area contributed by atoms with Crippen LogP contribution < -0.4 is 5.73 Å². The van der Waals surface area contributed by atoms with Crippen molar-refractivity contribution in [1.29, 1.82) is 0 Å². The molecule has 6 heteroatoms. The average molecular weight is 272 g/mol. The van der Waals surface area contributed by atoms with E-state index in [4.69, 9.17) is 27.4 Å². The number of carbonyl (C=O) groups excluding carboxylic acids is 1. The van der Waals surface area contributed by atoms with E-state index in [2.05, 4.69) is 0 Å². The fourth-order valence-electron chi connectivity index (χ4n) is 2.59. The number of ether oxygens (including phenoxy) is 2. The highest BCUT2D eigenvalue weighted by Crippen LogP contribution is 2.26. The standard InChI is InChI=1S/C12H20N2O3S/c1-2-9-8(3-5-16-9)12(15)14-4-6-17-10(7-14)11(13)18/h8-10H,2-7H2,1H3,(H2,13,18). The zero-order valence-corrected chi connectivity index (χ0v) is 11.4. The maximum atomic E-state index is 12.4. The number of hydrogen-bond acceptors (Lipinski definition) is 4. The monoisotopic (exact) mass is 272 g/mol. The summed E-state index contributed by atoms with van der Waals surface area (Å²) < 4.78 is 11.0. The molecule has 2 rings (SSSR count). The molecule has 2 saturated heterocycles. The zero-order chi connectivity index (χ0) is 13.1. The van der Waals surface area contributed by atoms with Gasteiger partial charge in [0.25, 0.3) is 0 Å². The minimum atomic E-state index is -0.305. The van der Waals surface area contributed by atoms with Gasteiger partial charge >= 0.3 is 0 Å². The van der Waals surface area contributed by atoms with Gasteiger partial charge in [-0.05, 0) is 12.8 Å². The first-order valence-corrected chi connectivity index (χ1v) is 6.85. The van der Waals surface area contributed by atoms with Crippen molar-refractivity contribution >= 4 is 23.1 Å². The van der Waals surface area contributed by atoms with Crippen LogP contribution >= 0.6 is 12.2 Å². The molecule has 0 radical (unpaired) electrons. The molecule has 0 spiro atoms. The molecule has 2 fully saturated rings. The fourth-order valence-corrected chi connectivity index (χ4v) is 2.73. The lowest BCUT2D eigenvalue weighted by Crippen LogP contribution is -2.52. The zero-order valence-electron chi connectivity index (χ0n) is 10.6. The number of hydrogen-bond donors (Lipinski definition) is 1. The molecular weight excluding hydrogens is 252 g/mol. The molecule has 0 saturated carbocycles. The summed E-state index contributed by atoms with van der Waals surface area (Å²) in [5.41, 5.74) is 5.58. The van der Waals surface area contributed by atoms with Crippen molar-refractivity contribution in [3.8, 4) is 0 Å². The lowest BCUT2D eigenvalue weighted by molar-refractivity contribution is -0.142. The van der Waals surface area contributed by atoms with Crippen LogP contribution in [0.4, 0.5) is 0 Å². The number of nitrogens with zero attached hydrogens (tertiary/aromatic N) is 1. The molecule has 102 valence electrons. The Labute approximate surface area is 113 Å². The summed E-state index contributed by atoms with van der Waals surface area (Å²) in [6.07, 6.45) is 1.44. The molecule has 1 amide bonds. The Morgan fingerprint density at radius 3 is 2.89 bits per heavy atom. The third kappa shape index (κ3) is 2.81. The second-order valence-electron chi connectivity index (χ2n) is 4.76. The Morgan fingerprint density at radius 1 is 1.44 bits per heavy atom. The average Bonchev–Trinajstić information content (AvgIpc) is 2.86. The van der Waals surface area contributed by atoms with Crippen LogP contribution in [0.2, 0.25) is 0 Å². The van der Waals surface area contributed by atoms with Gasteiger partial charge in [-0.1, -0.05) is 19.1 Å². The Kier molecular flexibility index (Phi) is 4.53. The molecule has 2 aliphatic heterocycles. The molecule has 18 heavy (non-hydrogen) atoms. The van der Waals surface area contributed by atoms with E-state index < -0.39 is 0 Å². The molecule has 2 heterocycles. The second-order valence-corrected chi connectivity index (χ2v) is 5.23. The molecule has 0 aromatic heterocycles. The molecule has 3 atom stereocenters. The van der Waals surface area contributed by atoms with Crippen LogP contribution in [0.5, 0.6) is 0 Å². The number of amides is 1. The number of rotatable bonds is 3. The fraction of sp³-hybridized carbons (Fsp3) is 0.833. The van der Waals surface area contributed by atoms with Crippen LogP contribution in [0, 0.1) is 5.92 Å². The van der Waals surface area contributed by atoms with Gasteiger partial charge in [-0.25, -0.2) is 0 Å². The van der Waals surface area contributed by atoms with Gasteiger partial charge in [0.2, 0.25) is 5.91 Å². The van der Waals surface area contributed by atoms with Crippen molar-refractivity contribution in [2.24, 2.45) is 11.7 Å². The Balaban J connectivity index is 1.98. The second kappa shape index (κ2) is 5.95. The van der Waals surface area contributed by atoms with E-state index in [1.54, 1.807) is 0 Å². The van der Waals surface area contributed by atoms with E-state index >= 15 is 0 Å². The van der Waals surface area contributed by atoms with Crippen molar-refractivity contribution in [2.75, 3.05) is 26.3 Å². The van der Waals surface area contributed by atoms with Gasteiger partial charge in [0.05, 0.1) is 25.2 Å². The van der Waals surface area contributed by atoms with Gasteiger partial charge in [0.1, 0.15) is 11.1 Å². The van der Waals surface area contributed by atoms with Crippen molar-refractivity contribution in [2.45, 2.75) is 32.0 Å². The maximum absolute atomic E-state index is 12.4. The van der Waals surface area contributed by atoms with Crippen molar-refractivity contribution in [3.63, 3.8) is 0 Å². The number of thiocarbonyl (C=S) groups is 1. The summed E-state index contributed by atoms with van der Waals surface area (Å²) in [4.78, 5) is 14.6. The minimum Gasteiger partial charge on any atom is -0.391 e. The minimum absolute atomic E-state index is 0.0138. The molecular formula is C12H20N2O3S. The first kappa shape index (κ1) is 13.7. The molecule has 0 bridgehead atoms. The first-order valence-electron chi connectivity index (χ1n) is 6.44. The predicted octanol–water partition coefficient (Wildman–Crippen LogP) is 0.315. The number of nitrogens with two attached hydrogens (primary N) is 1. The lowest BCUT2D eigenvalue weighted by atomic mass is 9.97. The van der Waals surface area contributed by atoms with Crippen molar-refractivity contribution in [1.82, 2.24) is 4.90 Å². The van der Waals surface area contributed by atoms with Crippen LogP contribution in [0.25, 0.3) is 0 Å². The Morgan fingerprint density at radius 2 is 2.22 bits per heavy atom. The van der Waals surface area contributed by atoms with E-state index in [-0.39, 0.29) is 24.0 Å². The van der Waals surface area contributed by atoms with Gasteiger partial charge in [-0.3, -0.25) is 4.79 Å². The SMILES string of the molecule is CCC1OCCC1C(=O)N1CCOC(C(N)=S)C1. The Hall–Kier alpha value is -0.720. The molecule has 0 aromatic carbocycles. The smallest absolute Gasteiger partial charge is 0.228 e. The van der Waals surface area contributed by atoms with E-state index in [1.165, 1.54) is 0 Å². The third-order valence-corrected chi connectivity index (χ3v) is 3.89. The van der Waals surface area contributed by atoms with E-state index in [1.807, 2.05) is 11.8 Å². The van der Waals surface area contributed by atoms with Crippen molar-refractivity contribution < 1.29 is 14.3 Å². The number of morpholine rings is 1. The van der Waals surface area contributed by atoms with Gasteiger partial charge in [0, 0.05) is 13.2 Å². The van der Waals surface area contributed by atoms with Gasteiger partial charge < -0.3 is 20.1 Å². The van der Waals surface area contributed by atoms with Crippen LogP contribution in [0.1, 0.15) is 19.8 Å². The topological polar surface area (TPSA) is 64.8 Å². The third-order valence-electron chi connectivity index (χ3n) is 3.62. The quantitative estimate of drug-likeness (QED) is 0.749. The number of carbonyl (C=O) groups is 1. The van der Waals surface area contributed by atoms with Crippen LogP contribution in [0.15, 0.2) is 0 Å². The van der Waals surface area contributed by atoms with Gasteiger partial charge in [-0.15, -0.1) is 0 Å². The summed E-state index contributed by atoms with van der Waals surface area (Å²) in [7, 11) is 0. The highest BCUT2D eigenvalue weighted by Gasteiger charge is 2.37. The van der Waals surface area contributed by atoms with E-state index in [0.29, 0.717) is 31.3 Å². The summed E-state index contributed by atoms with van der Waals surface area (Å²) >= 11 is 4.93. The summed E-state index contributed by atoms with van der Waals surface area (Å²) in [6, 6.07) is 0. The maximum Gasteiger partial charge on any atom is 0.228 e. The molecule has 5 nitrogen and oxygen atoms in total.